The first-order valence-corrected chi connectivity index (χ1v) is 25.8. The lowest BCUT2D eigenvalue weighted by molar-refractivity contribution is -0.143. The molecule has 1 aromatic carbocycles. The molecule has 0 aromatic heterocycles. The number of hydrogen-bond donors (Lipinski definition) is 13. The number of primary amides is 2. The van der Waals surface area contributed by atoms with Gasteiger partial charge in [-0.25, -0.2) is 0 Å². The van der Waals surface area contributed by atoms with Crippen molar-refractivity contribution in [2.45, 2.75) is 191 Å². The van der Waals surface area contributed by atoms with E-state index in [0.717, 1.165) is 49.8 Å². The number of nitrogens with zero attached hydrogens (tertiary/aromatic N) is 1. The fourth-order valence-corrected chi connectivity index (χ4v) is 8.86. The number of hydrogen-bond acceptors (Lipinski definition) is 14. The molecule has 2 saturated heterocycles. The van der Waals surface area contributed by atoms with Gasteiger partial charge >= 0.3 is 5.97 Å². The molecular weight excluding hydrogens is 981 g/mol. The number of carboxylic acids is 1. The Morgan fingerprint density at radius 2 is 1.17 bits per heavy atom. The predicted molar refractivity (Wildman–Crippen MR) is 269 cm³/mol. The number of amides is 10. The molecule has 3 rings (SSSR count). The summed E-state index contributed by atoms with van der Waals surface area (Å²) in [6, 6.07) is -7.33. The molecule has 0 radical (unpaired) electrons. The molecule has 2 fully saturated rings. The zero-order valence-electron chi connectivity index (χ0n) is 43.1. The summed E-state index contributed by atoms with van der Waals surface area (Å²) in [4.78, 5) is 149. The molecule has 9 atom stereocenters. The van der Waals surface area contributed by atoms with Gasteiger partial charge in [0.1, 0.15) is 48.0 Å². The minimum Gasteiger partial charge on any atom is -0.508 e. The number of fused-ring (bicyclic) bond motifs is 1. The topological polar surface area (TPSA) is 408 Å². The summed E-state index contributed by atoms with van der Waals surface area (Å²) < 4.78 is 0. The molecule has 0 aliphatic carbocycles. The molecule has 2 heterocycles. The molecule has 0 saturated carbocycles. The summed E-state index contributed by atoms with van der Waals surface area (Å²) in [6.07, 6.45) is 3.60. The largest absolute Gasteiger partial charge is 0.508 e. The third-order valence-corrected chi connectivity index (χ3v) is 12.9. The van der Waals surface area contributed by atoms with E-state index in [0.29, 0.717) is 24.3 Å². The minimum absolute atomic E-state index is 0.0152. The van der Waals surface area contributed by atoms with E-state index in [2.05, 4.69) is 51.1 Å². The summed E-state index contributed by atoms with van der Waals surface area (Å²) in [5.41, 5.74) is 11.4. The van der Waals surface area contributed by atoms with Crippen molar-refractivity contribution in [3.05, 3.63) is 29.8 Å². The third-order valence-electron chi connectivity index (χ3n) is 12.9. The summed E-state index contributed by atoms with van der Waals surface area (Å²) in [5.74, 6) is -11.3. The number of benzene rings is 1. The van der Waals surface area contributed by atoms with Gasteiger partial charge in [-0.3, -0.25) is 52.7 Å². The molecule has 10 amide bonds. The third kappa shape index (κ3) is 22.2. The molecule has 418 valence electrons. The van der Waals surface area contributed by atoms with Crippen LogP contribution in [0.25, 0.3) is 0 Å². The number of unbranched alkanes of at least 4 members (excludes halogenated alkanes) is 7. The van der Waals surface area contributed by atoms with Crippen molar-refractivity contribution in [3.8, 4) is 5.75 Å². The van der Waals surface area contributed by atoms with Crippen LogP contribution in [0.2, 0.25) is 0 Å². The van der Waals surface area contributed by atoms with Gasteiger partial charge in [-0.15, -0.1) is 0 Å². The monoisotopic (exact) mass is 1060 g/mol. The summed E-state index contributed by atoms with van der Waals surface area (Å²) in [7, 11) is 0. The molecule has 9 unspecified atom stereocenters. The number of phenols is 1. The van der Waals surface area contributed by atoms with Crippen molar-refractivity contribution in [3.63, 3.8) is 0 Å². The molecule has 25 nitrogen and oxygen atoms in total. The standard InChI is InChI=1S/C50H78N10O15/c1-28(2)13-10-8-6-4-5-7-9-11-14-31-24-41(66)54-35(25-39(51)64)46(71)56-34(23-30-16-18-32(63)19-17-30)45(70)57-36(26-40(52)65)50(75)60-22-12-15-38(60)48(73)55-33(20-21-42(67)68)44(69)58-37(27-61)47(72)59-43(29(3)62)49(74)53-31/h16-19,28-29,31,33-38,43,61-63H,4-15,20-27H2,1-3H3,(H2,51,64)(H2,52,65)(H,53,74)(H,54,66)(H,55,73)(H,56,71)(H,57,70)(H,58,69)(H,59,72)(H,67,68). The SMILES string of the molecule is CC(C)CCCCCCCCCCC1CC(=O)NC(CC(N)=O)C(=O)NC(Cc2ccc(O)cc2)C(=O)NC(CC(N)=O)C(=O)N2CCCC2C(=O)NC(CCC(=O)O)C(=O)NC(CO)C(=O)NC(C(C)O)C(=O)N1. The quantitative estimate of drug-likeness (QED) is 0.0574. The van der Waals surface area contributed by atoms with Crippen LogP contribution in [0, 0.1) is 5.92 Å². The smallest absolute Gasteiger partial charge is 0.303 e. The maximum absolute atomic E-state index is 14.3. The lowest BCUT2D eigenvalue weighted by Gasteiger charge is -2.30. The Bertz CT molecular complexity index is 2140. The van der Waals surface area contributed by atoms with Gasteiger partial charge < -0.3 is 74.0 Å². The van der Waals surface area contributed by atoms with E-state index >= 15 is 0 Å². The van der Waals surface area contributed by atoms with Crippen LogP contribution in [0.5, 0.6) is 5.75 Å². The van der Waals surface area contributed by atoms with Crippen molar-refractivity contribution < 1.29 is 73.2 Å². The van der Waals surface area contributed by atoms with Gasteiger partial charge in [-0.1, -0.05) is 83.8 Å². The zero-order valence-corrected chi connectivity index (χ0v) is 43.1. The van der Waals surface area contributed by atoms with E-state index in [9.17, 15) is 73.2 Å². The van der Waals surface area contributed by atoms with Crippen molar-refractivity contribution in [1.82, 2.24) is 42.1 Å². The number of aromatic hydroxyl groups is 1. The minimum atomic E-state index is -1.84. The van der Waals surface area contributed by atoms with Crippen LogP contribution in [0.1, 0.15) is 135 Å². The summed E-state index contributed by atoms with van der Waals surface area (Å²) in [5, 5.41) is 57.4. The molecule has 75 heavy (non-hydrogen) atoms. The number of carbonyl (C=O) groups is 11. The first-order chi connectivity index (χ1) is 35.5. The van der Waals surface area contributed by atoms with E-state index in [4.69, 9.17) is 11.5 Å². The van der Waals surface area contributed by atoms with Gasteiger partial charge in [0.25, 0.3) is 0 Å². The maximum atomic E-state index is 14.3. The Balaban J connectivity index is 2.09. The van der Waals surface area contributed by atoms with Gasteiger partial charge in [-0.2, -0.15) is 0 Å². The lowest BCUT2D eigenvalue weighted by Crippen LogP contribution is -2.61. The molecule has 0 spiro atoms. The van der Waals surface area contributed by atoms with Gasteiger partial charge in [-0.05, 0) is 56.2 Å². The summed E-state index contributed by atoms with van der Waals surface area (Å²) >= 11 is 0. The number of nitrogens with one attached hydrogen (secondary N) is 7. The van der Waals surface area contributed by atoms with Crippen molar-refractivity contribution in [1.29, 1.82) is 0 Å². The number of aliphatic hydroxyl groups is 2. The number of aliphatic carboxylic acids is 1. The van der Waals surface area contributed by atoms with Crippen LogP contribution in [0.3, 0.4) is 0 Å². The van der Waals surface area contributed by atoms with E-state index < -0.39 is 158 Å². The second-order valence-corrected chi connectivity index (χ2v) is 19.8. The van der Waals surface area contributed by atoms with Crippen molar-refractivity contribution in [2.75, 3.05) is 13.2 Å². The number of carboxylic acid groups (broad SMARTS) is 1. The number of nitrogens with two attached hydrogens (primary N) is 2. The van der Waals surface area contributed by atoms with E-state index in [1.54, 1.807) is 0 Å². The van der Waals surface area contributed by atoms with Crippen LogP contribution in [-0.2, 0) is 59.2 Å². The second-order valence-electron chi connectivity index (χ2n) is 19.8. The zero-order chi connectivity index (χ0) is 55.8. The van der Waals surface area contributed by atoms with E-state index in [1.807, 2.05) is 0 Å². The lowest BCUT2D eigenvalue weighted by atomic mass is 10.0. The molecule has 25 heteroatoms. The number of carbonyl (C=O) groups excluding carboxylic acids is 10. The van der Waals surface area contributed by atoms with E-state index in [-0.39, 0.29) is 38.0 Å². The fraction of sp³-hybridized carbons (Fsp3) is 0.660. The molecule has 0 bridgehead atoms. The molecule has 2 aliphatic heterocycles. The van der Waals surface area contributed by atoms with Crippen molar-refractivity contribution in [2.24, 2.45) is 17.4 Å². The van der Waals surface area contributed by atoms with Gasteiger partial charge in [0.15, 0.2) is 0 Å². The highest BCUT2D eigenvalue weighted by atomic mass is 16.4. The van der Waals surface area contributed by atoms with E-state index in [1.165, 1.54) is 31.2 Å². The van der Waals surface area contributed by atoms with Crippen molar-refractivity contribution >= 4 is 65.0 Å². The highest BCUT2D eigenvalue weighted by Crippen LogP contribution is 2.21. The highest BCUT2D eigenvalue weighted by molar-refractivity contribution is 6.00. The normalized spacial score (nSPS) is 24.5. The molecule has 15 N–H and O–H groups in total. The van der Waals surface area contributed by atoms with Crippen LogP contribution < -0.4 is 48.7 Å². The van der Waals surface area contributed by atoms with Crippen LogP contribution in [0.15, 0.2) is 24.3 Å². The van der Waals surface area contributed by atoms with Gasteiger partial charge in [0.05, 0.1) is 25.6 Å². The summed E-state index contributed by atoms with van der Waals surface area (Å²) in [6.45, 7) is 4.34. The number of aliphatic hydroxyl groups excluding tert-OH is 2. The first-order valence-electron chi connectivity index (χ1n) is 25.8. The average Bonchev–Trinajstić information content (AvgIpc) is 3.83. The number of phenolic OH excluding ortho intramolecular Hbond substituents is 1. The Hall–Kier alpha value is -6.89. The first kappa shape index (κ1) is 62.4. The van der Waals surface area contributed by atoms with Crippen LogP contribution in [-0.4, -0.2) is 158 Å². The van der Waals surface area contributed by atoms with Gasteiger partial charge in [0.2, 0.25) is 59.1 Å². The predicted octanol–water partition coefficient (Wildman–Crippen LogP) is -1.73. The average molecular weight is 1060 g/mol. The molecule has 1 aromatic rings. The van der Waals surface area contributed by atoms with Crippen LogP contribution in [0.4, 0.5) is 0 Å². The molecule has 2 aliphatic rings. The Kier molecular flexibility index (Phi) is 26.4. The van der Waals surface area contributed by atoms with Crippen LogP contribution >= 0.6 is 0 Å². The Morgan fingerprint density at radius 3 is 1.76 bits per heavy atom. The number of rotatable bonds is 22. The maximum Gasteiger partial charge on any atom is 0.303 e. The Labute approximate surface area is 436 Å². The second kappa shape index (κ2) is 31.8. The van der Waals surface area contributed by atoms with Gasteiger partial charge in [0, 0.05) is 31.8 Å². The Morgan fingerprint density at radius 1 is 0.640 bits per heavy atom. The molecular formula is C50H78N10O15. The highest BCUT2D eigenvalue weighted by Gasteiger charge is 2.41. The fourth-order valence-electron chi connectivity index (χ4n) is 8.86.